The van der Waals surface area contributed by atoms with Crippen molar-refractivity contribution in [2.75, 3.05) is 26.2 Å². The summed E-state index contributed by atoms with van der Waals surface area (Å²) in [4.78, 5) is 2.29. The van der Waals surface area contributed by atoms with Crippen LogP contribution in [-0.4, -0.2) is 49.0 Å². The van der Waals surface area contributed by atoms with Gasteiger partial charge in [0.15, 0.2) is 0 Å². The molecular weight excluding hydrogens is 350 g/mol. The number of nitrogens with zero attached hydrogens (tertiary/aromatic N) is 3. The van der Waals surface area contributed by atoms with E-state index in [-0.39, 0.29) is 5.75 Å². The molecule has 1 saturated heterocycles. The first-order chi connectivity index (χ1) is 12.3. The third kappa shape index (κ3) is 4.52. The summed E-state index contributed by atoms with van der Waals surface area (Å²) in [6, 6.07) is 7.72. The predicted octanol–water partition coefficient (Wildman–Crippen LogP) is 2.64. The lowest BCUT2D eigenvalue weighted by molar-refractivity contribution is 0.276. The normalized spacial score (nSPS) is 17.3. The molecule has 1 aromatic heterocycles. The topological polar surface area (TPSA) is 66.7 Å². The summed E-state index contributed by atoms with van der Waals surface area (Å²) < 4.78 is 32.5. The molecule has 1 aliphatic rings. The van der Waals surface area contributed by atoms with E-state index in [4.69, 9.17) is 4.52 Å². The molecule has 2 heterocycles. The van der Waals surface area contributed by atoms with Crippen LogP contribution in [0.25, 0.3) is 0 Å². The molecule has 2 aromatic rings. The predicted molar refractivity (Wildman–Crippen MR) is 101 cm³/mol. The van der Waals surface area contributed by atoms with Gasteiger partial charge in [-0.1, -0.05) is 35.0 Å². The van der Waals surface area contributed by atoms with Gasteiger partial charge in [0, 0.05) is 31.7 Å². The number of hydrogen-bond donors (Lipinski definition) is 0. The lowest BCUT2D eigenvalue weighted by Gasteiger charge is -2.21. The van der Waals surface area contributed by atoms with Gasteiger partial charge in [0.2, 0.25) is 10.0 Å². The zero-order valence-corrected chi connectivity index (χ0v) is 16.6. The van der Waals surface area contributed by atoms with Crippen molar-refractivity contribution in [3.05, 3.63) is 52.4 Å². The smallest absolute Gasteiger partial charge is 0.218 e. The van der Waals surface area contributed by atoms with Crippen LogP contribution in [0.5, 0.6) is 0 Å². The van der Waals surface area contributed by atoms with Crippen LogP contribution in [0.2, 0.25) is 0 Å². The van der Waals surface area contributed by atoms with Crippen molar-refractivity contribution in [2.45, 2.75) is 39.5 Å². The summed E-state index contributed by atoms with van der Waals surface area (Å²) >= 11 is 0. The average molecular weight is 378 g/mol. The van der Waals surface area contributed by atoms with Gasteiger partial charge in [0.05, 0.1) is 11.4 Å². The summed E-state index contributed by atoms with van der Waals surface area (Å²) in [5.74, 6) is 0.911. The number of rotatable bonds is 5. The average Bonchev–Trinajstić information content (AvgIpc) is 2.77. The van der Waals surface area contributed by atoms with Crippen LogP contribution in [0.4, 0.5) is 0 Å². The van der Waals surface area contributed by atoms with Crippen molar-refractivity contribution < 1.29 is 12.9 Å². The van der Waals surface area contributed by atoms with Crippen LogP contribution in [-0.2, 0) is 22.3 Å². The van der Waals surface area contributed by atoms with Gasteiger partial charge in [-0.05, 0) is 39.3 Å². The van der Waals surface area contributed by atoms with Gasteiger partial charge in [0.25, 0.3) is 0 Å². The van der Waals surface area contributed by atoms with E-state index in [1.54, 1.807) is 4.31 Å². The molecule has 7 heteroatoms. The molecule has 0 radical (unpaired) electrons. The third-order valence-electron chi connectivity index (χ3n) is 4.94. The van der Waals surface area contributed by atoms with E-state index < -0.39 is 10.0 Å². The Bertz CT molecular complexity index is 841. The van der Waals surface area contributed by atoms with Crippen molar-refractivity contribution in [3.8, 4) is 0 Å². The SMILES string of the molecule is Cc1cccc(CS(=O)(=O)N2CCCN(Cc3c(C)noc3C)CC2)c1. The third-order valence-corrected chi connectivity index (χ3v) is 6.79. The Morgan fingerprint density at radius 1 is 1.12 bits per heavy atom. The van der Waals surface area contributed by atoms with E-state index >= 15 is 0 Å². The van der Waals surface area contributed by atoms with Crippen LogP contribution in [0.15, 0.2) is 28.8 Å². The second-order valence-corrected chi connectivity index (χ2v) is 9.05. The molecule has 1 aliphatic heterocycles. The summed E-state index contributed by atoms with van der Waals surface area (Å²) in [6.07, 6.45) is 0.830. The number of benzene rings is 1. The zero-order chi connectivity index (χ0) is 18.7. The van der Waals surface area contributed by atoms with Gasteiger partial charge < -0.3 is 4.52 Å². The molecular formula is C19H27N3O3S. The molecule has 0 spiro atoms. The summed E-state index contributed by atoms with van der Waals surface area (Å²) in [6.45, 7) is 9.30. The lowest BCUT2D eigenvalue weighted by Crippen LogP contribution is -2.35. The lowest BCUT2D eigenvalue weighted by atomic mass is 10.2. The van der Waals surface area contributed by atoms with Gasteiger partial charge in [0.1, 0.15) is 5.76 Å². The van der Waals surface area contributed by atoms with E-state index in [0.717, 1.165) is 54.2 Å². The maximum Gasteiger partial charge on any atom is 0.218 e. The minimum atomic E-state index is -3.30. The molecule has 26 heavy (non-hydrogen) atoms. The fourth-order valence-corrected chi connectivity index (χ4v) is 4.99. The first-order valence-corrected chi connectivity index (χ1v) is 10.6. The van der Waals surface area contributed by atoms with Crippen LogP contribution < -0.4 is 0 Å². The van der Waals surface area contributed by atoms with Gasteiger partial charge in [-0.15, -0.1) is 0 Å². The van der Waals surface area contributed by atoms with Gasteiger partial charge in [-0.3, -0.25) is 4.90 Å². The molecule has 0 unspecified atom stereocenters. The molecule has 6 nitrogen and oxygen atoms in total. The Balaban J connectivity index is 1.64. The van der Waals surface area contributed by atoms with E-state index in [2.05, 4.69) is 10.1 Å². The van der Waals surface area contributed by atoms with Crippen LogP contribution >= 0.6 is 0 Å². The monoisotopic (exact) mass is 377 g/mol. The van der Waals surface area contributed by atoms with E-state index in [1.165, 1.54) is 0 Å². The van der Waals surface area contributed by atoms with Crippen molar-refractivity contribution in [3.63, 3.8) is 0 Å². The van der Waals surface area contributed by atoms with E-state index in [0.29, 0.717) is 13.1 Å². The fourth-order valence-electron chi connectivity index (χ4n) is 3.44. The summed E-state index contributed by atoms with van der Waals surface area (Å²) in [5, 5.41) is 4.01. The molecule has 0 saturated carbocycles. The van der Waals surface area contributed by atoms with E-state index in [1.807, 2.05) is 45.0 Å². The van der Waals surface area contributed by atoms with E-state index in [9.17, 15) is 8.42 Å². The minimum absolute atomic E-state index is 0.0680. The maximum absolute atomic E-state index is 12.8. The molecule has 0 aliphatic carbocycles. The number of aryl methyl sites for hydroxylation is 3. The Labute approximate surface area is 155 Å². The molecule has 1 fully saturated rings. The van der Waals surface area contributed by atoms with Gasteiger partial charge in [-0.25, -0.2) is 12.7 Å². The molecule has 142 valence electrons. The van der Waals surface area contributed by atoms with Crippen molar-refractivity contribution >= 4 is 10.0 Å². The van der Waals surface area contributed by atoms with Crippen LogP contribution in [0.1, 0.15) is 34.6 Å². The highest BCUT2D eigenvalue weighted by atomic mass is 32.2. The second kappa shape index (κ2) is 7.90. The van der Waals surface area contributed by atoms with Crippen LogP contribution in [0.3, 0.4) is 0 Å². The molecule has 0 N–H and O–H groups in total. The molecule has 3 rings (SSSR count). The first-order valence-electron chi connectivity index (χ1n) is 9.02. The standard InChI is InChI=1S/C19H27N3O3S/c1-15-6-4-7-18(12-15)14-26(23,24)22-9-5-8-21(10-11-22)13-19-16(2)20-25-17(19)3/h4,6-7,12H,5,8-11,13-14H2,1-3H3. The largest absolute Gasteiger partial charge is 0.361 e. The fraction of sp³-hybridized carbons (Fsp3) is 0.526. The summed E-state index contributed by atoms with van der Waals surface area (Å²) in [5.41, 5.74) is 3.96. The molecule has 0 bridgehead atoms. The highest BCUT2D eigenvalue weighted by molar-refractivity contribution is 7.88. The van der Waals surface area contributed by atoms with Gasteiger partial charge in [-0.2, -0.15) is 0 Å². The Kier molecular flexibility index (Phi) is 5.79. The van der Waals surface area contributed by atoms with Gasteiger partial charge >= 0.3 is 0 Å². The minimum Gasteiger partial charge on any atom is -0.361 e. The Morgan fingerprint density at radius 3 is 2.62 bits per heavy atom. The van der Waals surface area contributed by atoms with Crippen molar-refractivity contribution in [1.29, 1.82) is 0 Å². The summed E-state index contributed by atoms with van der Waals surface area (Å²) in [7, 11) is -3.30. The molecule has 1 aromatic carbocycles. The highest BCUT2D eigenvalue weighted by Crippen LogP contribution is 2.18. The first kappa shape index (κ1) is 19.1. The van der Waals surface area contributed by atoms with Crippen molar-refractivity contribution in [2.24, 2.45) is 0 Å². The maximum atomic E-state index is 12.8. The quantitative estimate of drug-likeness (QED) is 0.801. The Hall–Kier alpha value is -1.70. The number of sulfonamides is 1. The zero-order valence-electron chi connectivity index (χ0n) is 15.7. The number of aromatic nitrogens is 1. The highest BCUT2D eigenvalue weighted by Gasteiger charge is 2.26. The molecule has 0 atom stereocenters. The van der Waals surface area contributed by atoms with Crippen LogP contribution in [0, 0.1) is 20.8 Å². The van der Waals surface area contributed by atoms with Crippen molar-refractivity contribution in [1.82, 2.24) is 14.4 Å². The second-order valence-electron chi connectivity index (χ2n) is 7.08. The molecule has 0 amide bonds. The Morgan fingerprint density at radius 2 is 1.92 bits per heavy atom. The number of hydrogen-bond acceptors (Lipinski definition) is 5.